The Kier molecular flexibility index (Phi) is 3.24. The van der Waals surface area contributed by atoms with Gasteiger partial charge in [-0.3, -0.25) is 10.1 Å². The van der Waals surface area contributed by atoms with Gasteiger partial charge in [0.05, 0.1) is 14.1 Å². The van der Waals surface area contributed by atoms with E-state index >= 15 is 0 Å². The van der Waals surface area contributed by atoms with Gasteiger partial charge in [0, 0.05) is 0 Å². The predicted octanol–water partition coefficient (Wildman–Crippen LogP) is 4.31. The van der Waals surface area contributed by atoms with Crippen molar-refractivity contribution in [1.29, 1.82) is 0 Å². The van der Waals surface area contributed by atoms with E-state index in [-0.39, 0.29) is 16.2 Å². The molecule has 3 rings (SSSR count). The second-order valence-electron chi connectivity index (χ2n) is 5.13. The molecule has 0 amide bonds. The first-order valence-corrected chi connectivity index (χ1v) is 7.54. The number of ether oxygens (including phenoxy) is 1. The highest BCUT2D eigenvalue weighted by Gasteiger charge is 2.36. The van der Waals surface area contributed by atoms with Gasteiger partial charge in [-0.25, -0.2) is 0 Å². The Morgan fingerprint density at radius 3 is 2.68 bits per heavy atom. The molecule has 0 aromatic heterocycles. The molecule has 0 radical (unpaired) electrons. The van der Waals surface area contributed by atoms with E-state index in [9.17, 15) is 10.1 Å². The maximum atomic E-state index is 11.2. The van der Waals surface area contributed by atoms with Crippen LogP contribution in [0.1, 0.15) is 37.7 Å². The van der Waals surface area contributed by atoms with E-state index in [1.807, 2.05) is 40.8 Å². The molecule has 1 heterocycles. The van der Waals surface area contributed by atoms with Crippen LogP contribution in [0.15, 0.2) is 18.2 Å². The molecule has 0 saturated heterocycles. The molecule has 1 aliphatic carbocycles. The van der Waals surface area contributed by atoms with E-state index in [4.69, 9.17) is 4.74 Å². The molecule has 0 bridgehead atoms. The normalized spacial score (nSPS) is 19.8. The van der Waals surface area contributed by atoms with Crippen LogP contribution in [0.2, 0.25) is 0 Å². The van der Waals surface area contributed by atoms with Crippen molar-refractivity contribution in [3.8, 4) is 5.75 Å². The molecule has 19 heavy (non-hydrogen) atoms. The van der Waals surface area contributed by atoms with Gasteiger partial charge in [-0.1, -0.05) is 6.42 Å². The number of halogens is 1. The van der Waals surface area contributed by atoms with Crippen LogP contribution in [-0.4, -0.2) is 10.5 Å². The third-order valence-electron chi connectivity index (χ3n) is 3.88. The standard InChI is InChI=1S/C14H14INO3/c15-11-4-5-12-10(13(11)16(17)18)6-9-14(19-12)7-2-1-3-8-14/h4-6,9H,1-3,7-8H2. The quantitative estimate of drug-likeness (QED) is 0.420. The lowest BCUT2D eigenvalue weighted by Crippen LogP contribution is -2.37. The molecular weight excluding hydrogens is 357 g/mol. The average Bonchev–Trinajstić information content (AvgIpc) is 2.39. The minimum absolute atomic E-state index is 0.153. The zero-order valence-corrected chi connectivity index (χ0v) is 12.6. The first kappa shape index (κ1) is 12.9. The van der Waals surface area contributed by atoms with Gasteiger partial charge in [0.15, 0.2) is 0 Å². The van der Waals surface area contributed by atoms with Crippen molar-refractivity contribution in [3.63, 3.8) is 0 Å². The van der Waals surface area contributed by atoms with Crippen LogP contribution in [0.4, 0.5) is 5.69 Å². The van der Waals surface area contributed by atoms with E-state index in [0.29, 0.717) is 14.9 Å². The van der Waals surface area contributed by atoms with E-state index in [1.165, 1.54) is 6.42 Å². The summed E-state index contributed by atoms with van der Waals surface area (Å²) in [6.45, 7) is 0. The van der Waals surface area contributed by atoms with Crippen molar-refractivity contribution in [2.45, 2.75) is 37.7 Å². The largest absolute Gasteiger partial charge is 0.482 e. The van der Waals surface area contributed by atoms with Crippen molar-refractivity contribution < 1.29 is 9.66 Å². The first-order chi connectivity index (χ1) is 9.11. The summed E-state index contributed by atoms with van der Waals surface area (Å²) in [5.41, 5.74) is 0.527. The Labute approximate surface area is 125 Å². The molecule has 1 fully saturated rings. The number of benzene rings is 1. The van der Waals surface area contributed by atoms with Crippen molar-refractivity contribution in [3.05, 3.63) is 37.5 Å². The molecule has 0 unspecified atom stereocenters. The summed E-state index contributed by atoms with van der Waals surface area (Å²) in [5.74, 6) is 0.650. The number of nitro groups is 1. The van der Waals surface area contributed by atoms with Gasteiger partial charge >= 0.3 is 0 Å². The highest BCUT2D eigenvalue weighted by Crippen LogP contribution is 2.43. The van der Waals surface area contributed by atoms with Gasteiger partial charge in [0.25, 0.3) is 5.69 Å². The fourth-order valence-corrected chi connectivity index (χ4v) is 3.57. The van der Waals surface area contributed by atoms with Crippen molar-refractivity contribution >= 4 is 34.4 Å². The van der Waals surface area contributed by atoms with Crippen LogP contribution in [-0.2, 0) is 0 Å². The lowest BCUT2D eigenvalue weighted by molar-refractivity contribution is -0.386. The summed E-state index contributed by atoms with van der Waals surface area (Å²) < 4.78 is 6.76. The highest BCUT2D eigenvalue weighted by molar-refractivity contribution is 14.1. The molecule has 4 nitrogen and oxygen atoms in total. The van der Waals surface area contributed by atoms with Crippen molar-refractivity contribution in [1.82, 2.24) is 0 Å². The fraction of sp³-hybridized carbons (Fsp3) is 0.429. The second-order valence-corrected chi connectivity index (χ2v) is 6.29. The van der Waals surface area contributed by atoms with E-state index in [2.05, 4.69) is 0 Å². The van der Waals surface area contributed by atoms with Gasteiger partial charge in [0.2, 0.25) is 0 Å². The Hall–Kier alpha value is -1.11. The SMILES string of the molecule is O=[N+]([O-])c1c(I)ccc2c1C=CC1(CCCCC1)O2. The number of hydrogen-bond acceptors (Lipinski definition) is 3. The van der Waals surface area contributed by atoms with Gasteiger partial charge in [-0.15, -0.1) is 0 Å². The molecule has 0 atom stereocenters. The fourth-order valence-electron chi connectivity index (χ4n) is 2.91. The molecule has 5 heteroatoms. The zero-order valence-electron chi connectivity index (χ0n) is 10.4. The molecule has 1 spiro atoms. The second kappa shape index (κ2) is 4.77. The molecule has 1 aromatic carbocycles. The zero-order chi connectivity index (χ0) is 13.5. The number of fused-ring (bicyclic) bond motifs is 1. The van der Waals surface area contributed by atoms with Gasteiger partial charge in [-0.2, -0.15) is 0 Å². The Bertz CT molecular complexity index is 562. The van der Waals surface area contributed by atoms with E-state index in [1.54, 1.807) is 6.07 Å². The molecular formula is C14H14INO3. The number of rotatable bonds is 1. The summed E-state index contributed by atoms with van der Waals surface area (Å²) in [6.07, 6.45) is 9.48. The lowest BCUT2D eigenvalue weighted by Gasteiger charge is -2.37. The molecule has 1 saturated carbocycles. The van der Waals surface area contributed by atoms with Crippen molar-refractivity contribution in [2.24, 2.45) is 0 Å². The molecule has 100 valence electrons. The summed E-state index contributed by atoms with van der Waals surface area (Å²) in [7, 11) is 0. The summed E-state index contributed by atoms with van der Waals surface area (Å²) in [4.78, 5) is 10.8. The highest BCUT2D eigenvalue weighted by atomic mass is 127. The third-order valence-corrected chi connectivity index (χ3v) is 4.75. The van der Waals surface area contributed by atoms with Crippen LogP contribution in [0.25, 0.3) is 6.08 Å². The number of nitro benzene ring substituents is 1. The van der Waals surface area contributed by atoms with Crippen molar-refractivity contribution in [2.75, 3.05) is 0 Å². The Balaban J connectivity index is 2.04. The van der Waals surface area contributed by atoms with E-state index in [0.717, 1.165) is 25.7 Å². The third kappa shape index (κ3) is 2.24. The number of nitrogens with zero attached hydrogens (tertiary/aromatic N) is 1. The summed E-state index contributed by atoms with van der Waals surface area (Å²) in [6, 6.07) is 3.61. The molecule has 1 aromatic rings. The predicted molar refractivity (Wildman–Crippen MR) is 81.3 cm³/mol. The van der Waals surface area contributed by atoms with Crippen LogP contribution in [0.3, 0.4) is 0 Å². The topological polar surface area (TPSA) is 52.4 Å². The Morgan fingerprint density at radius 2 is 2.00 bits per heavy atom. The Morgan fingerprint density at radius 1 is 1.26 bits per heavy atom. The first-order valence-electron chi connectivity index (χ1n) is 6.46. The smallest absolute Gasteiger partial charge is 0.293 e. The molecule has 0 N–H and O–H groups in total. The van der Waals surface area contributed by atoms with Crippen LogP contribution in [0, 0.1) is 13.7 Å². The van der Waals surface area contributed by atoms with Crippen LogP contribution >= 0.6 is 22.6 Å². The van der Waals surface area contributed by atoms with Gasteiger partial charge in [0.1, 0.15) is 11.4 Å². The van der Waals surface area contributed by atoms with Crippen LogP contribution < -0.4 is 4.74 Å². The van der Waals surface area contributed by atoms with Crippen LogP contribution in [0.5, 0.6) is 5.75 Å². The average molecular weight is 371 g/mol. The minimum atomic E-state index is -0.326. The molecule has 2 aliphatic rings. The van der Waals surface area contributed by atoms with Gasteiger partial charge in [-0.05, 0) is 72.6 Å². The maximum Gasteiger partial charge on any atom is 0.293 e. The minimum Gasteiger partial charge on any atom is -0.482 e. The molecule has 1 aliphatic heterocycles. The number of hydrogen-bond donors (Lipinski definition) is 0. The monoisotopic (exact) mass is 371 g/mol. The van der Waals surface area contributed by atoms with Gasteiger partial charge < -0.3 is 4.74 Å². The summed E-state index contributed by atoms with van der Waals surface area (Å²) in [5, 5.41) is 11.2. The summed E-state index contributed by atoms with van der Waals surface area (Å²) >= 11 is 2.00. The maximum absolute atomic E-state index is 11.2. The lowest BCUT2D eigenvalue weighted by atomic mass is 9.82. The van der Waals surface area contributed by atoms with E-state index < -0.39 is 0 Å².